The molecule has 0 heterocycles. The van der Waals surface area contributed by atoms with Gasteiger partial charge in [0.1, 0.15) is 0 Å². The molecule has 8 nitrogen and oxygen atoms in total. The second-order valence-electron chi connectivity index (χ2n) is 4.33. The molecule has 0 aliphatic carbocycles. The molecular weight excluding hydrogens is 349 g/mol. The summed E-state index contributed by atoms with van der Waals surface area (Å²) in [4.78, 5) is 32.2. The van der Waals surface area contributed by atoms with E-state index in [1.165, 1.54) is 18.2 Å². The number of nitro groups is 2. The fourth-order valence-electron chi connectivity index (χ4n) is 1.72. The molecule has 0 aliphatic heterocycles. The number of halogens is 2. The lowest BCUT2D eigenvalue weighted by molar-refractivity contribution is -0.394. The fraction of sp³-hybridized carbons (Fsp3) is 0. The Bertz CT molecular complexity index is 793. The Morgan fingerprint density at radius 1 is 0.957 bits per heavy atom. The molecule has 0 aliphatic rings. The summed E-state index contributed by atoms with van der Waals surface area (Å²) in [6.45, 7) is 0. The molecule has 0 bridgehead atoms. The van der Waals surface area contributed by atoms with Gasteiger partial charge < -0.3 is 5.32 Å². The largest absolute Gasteiger partial charge is 0.321 e. The number of hydrogen-bond donors (Lipinski definition) is 1. The maximum atomic E-state index is 12.2. The number of hydrogen-bond acceptors (Lipinski definition) is 5. The van der Waals surface area contributed by atoms with Gasteiger partial charge in [0.15, 0.2) is 0 Å². The molecule has 0 aromatic heterocycles. The molecule has 0 unspecified atom stereocenters. The number of rotatable bonds is 4. The van der Waals surface area contributed by atoms with Gasteiger partial charge in [-0.15, -0.1) is 0 Å². The van der Waals surface area contributed by atoms with Crippen molar-refractivity contribution in [1.29, 1.82) is 0 Å². The summed E-state index contributed by atoms with van der Waals surface area (Å²) < 4.78 is 0. The third-order valence-electron chi connectivity index (χ3n) is 2.76. The van der Waals surface area contributed by atoms with Crippen molar-refractivity contribution in [3.8, 4) is 0 Å². The van der Waals surface area contributed by atoms with Crippen molar-refractivity contribution >= 4 is 46.2 Å². The van der Waals surface area contributed by atoms with Crippen LogP contribution in [0.3, 0.4) is 0 Å². The molecule has 0 saturated heterocycles. The summed E-state index contributed by atoms with van der Waals surface area (Å²) in [6.07, 6.45) is 0. The maximum absolute atomic E-state index is 12.2. The number of non-ortho nitro benzene ring substituents is 2. The van der Waals surface area contributed by atoms with E-state index in [1.54, 1.807) is 0 Å². The van der Waals surface area contributed by atoms with Crippen LogP contribution in [0.15, 0.2) is 36.4 Å². The Morgan fingerprint density at radius 3 is 2.04 bits per heavy atom. The van der Waals surface area contributed by atoms with Gasteiger partial charge in [0.05, 0.1) is 32.2 Å². The van der Waals surface area contributed by atoms with Crippen LogP contribution in [0.1, 0.15) is 10.4 Å². The number of nitrogens with one attached hydrogen (secondary N) is 1. The summed E-state index contributed by atoms with van der Waals surface area (Å²) in [6, 6.07) is 6.98. The van der Waals surface area contributed by atoms with Gasteiger partial charge in [-0.3, -0.25) is 25.0 Å². The summed E-state index contributed by atoms with van der Waals surface area (Å²) >= 11 is 11.7. The fourth-order valence-corrected chi connectivity index (χ4v) is 2.06. The van der Waals surface area contributed by atoms with Gasteiger partial charge in [-0.05, 0) is 18.2 Å². The van der Waals surface area contributed by atoms with Crippen molar-refractivity contribution in [3.05, 3.63) is 72.2 Å². The number of nitrogens with zero attached hydrogens (tertiary/aromatic N) is 2. The van der Waals surface area contributed by atoms with Crippen LogP contribution in [-0.4, -0.2) is 15.8 Å². The van der Waals surface area contributed by atoms with Crippen molar-refractivity contribution in [3.63, 3.8) is 0 Å². The summed E-state index contributed by atoms with van der Waals surface area (Å²) in [7, 11) is 0. The van der Waals surface area contributed by atoms with Gasteiger partial charge in [-0.2, -0.15) is 0 Å². The molecule has 1 N–H and O–H groups in total. The number of amides is 1. The first-order chi connectivity index (χ1) is 10.8. The van der Waals surface area contributed by atoms with Gasteiger partial charge in [0, 0.05) is 17.2 Å². The first kappa shape index (κ1) is 16.7. The lowest BCUT2D eigenvalue weighted by Crippen LogP contribution is -2.13. The van der Waals surface area contributed by atoms with Crippen molar-refractivity contribution in [2.45, 2.75) is 0 Å². The zero-order valence-corrected chi connectivity index (χ0v) is 12.7. The molecule has 0 atom stereocenters. The third kappa shape index (κ3) is 3.93. The standard InChI is InChI=1S/C13H7Cl2N3O5/c14-8-1-2-11(15)12(5-8)16-13(19)7-3-9(17(20)21)6-10(4-7)18(22)23/h1-6H,(H,16,19). The highest BCUT2D eigenvalue weighted by molar-refractivity contribution is 6.35. The van der Waals surface area contributed by atoms with Gasteiger partial charge in [0.2, 0.25) is 0 Å². The highest BCUT2D eigenvalue weighted by atomic mass is 35.5. The predicted molar refractivity (Wildman–Crippen MR) is 84.2 cm³/mol. The van der Waals surface area contributed by atoms with Gasteiger partial charge in [-0.25, -0.2) is 0 Å². The number of carbonyl (C=O) groups excluding carboxylic acids is 1. The van der Waals surface area contributed by atoms with Gasteiger partial charge in [-0.1, -0.05) is 23.2 Å². The third-order valence-corrected chi connectivity index (χ3v) is 3.33. The van der Waals surface area contributed by atoms with E-state index in [2.05, 4.69) is 5.32 Å². The Morgan fingerprint density at radius 2 is 1.52 bits per heavy atom. The molecule has 0 fully saturated rings. The Hall–Kier alpha value is -2.71. The average Bonchev–Trinajstić information content (AvgIpc) is 2.50. The second kappa shape index (κ2) is 6.59. The van der Waals surface area contributed by atoms with Crippen molar-refractivity contribution in [1.82, 2.24) is 0 Å². The molecular formula is C13H7Cl2N3O5. The predicted octanol–water partition coefficient (Wildman–Crippen LogP) is 4.06. The minimum absolute atomic E-state index is 0.179. The normalized spacial score (nSPS) is 10.2. The van der Waals surface area contributed by atoms with Crippen LogP contribution in [0.25, 0.3) is 0 Å². The molecule has 23 heavy (non-hydrogen) atoms. The van der Waals surface area contributed by atoms with Crippen LogP contribution in [0.5, 0.6) is 0 Å². The molecule has 1 amide bonds. The van der Waals surface area contributed by atoms with Crippen LogP contribution < -0.4 is 5.32 Å². The van der Waals surface area contributed by atoms with Crippen molar-refractivity contribution < 1.29 is 14.6 Å². The van der Waals surface area contributed by atoms with E-state index in [9.17, 15) is 25.0 Å². The van der Waals surface area contributed by atoms with Crippen LogP contribution >= 0.6 is 23.2 Å². The Balaban J connectivity index is 2.40. The number of anilines is 1. The molecule has 2 aromatic rings. The van der Waals surface area contributed by atoms with Crippen molar-refractivity contribution in [2.75, 3.05) is 5.32 Å². The zero-order chi connectivity index (χ0) is 17.1. The smallest absolute Gasteiger partial charge is 0.277 e. The van der Waals surface area contributed by atoms with E-state index >= 15 is 0 Å². The first-order valence-electron chi connectivity index (χ1n) is 5.98. The summed E-state index contributed by atoms with van der Waals surface area (Å²) in [5.74, 6) is -0.791. The van der Waals surface area contributed by atoms with Crippen LogP contribution in [-0.2, 0) is 0 Å². The topological polar surface area (TPSA) is 115 Å². The minimum Gasteiger partial charge on any atom is -0.321 e. The van der Waals surface area contributed by atoms with Gasteiger partial charge >= 0.3 is 0 Å². The molecule has 0 radical (unpaired) electrons. The van der Waals surface area contributed by atoms with E-state index in [1.807, 2.05) is 0 Å². The number of carbonyl (C=O) groups is 1. The highest BCUT2D eigenvalue weighted by Gasteiger charge is 2.20. The monoisotopic (exact) mass is 355 g/mol. The van der Waals surface area contributed by atoms with Crippen molar-refractivity contribution in [2.24, 2.45) is 0 Å². The van der Waals surface area contributed by atoms with E-state index < -0.39 is 27.1 Å². The Labute approximate surface area is 138 Å². The zero-order valence-electron chi connectivity index (χ0n) is 11.2. The molecule has 0 spiro atoms. The maximum Gasteiger partial charge on any atom is 0.277 e. The molecule has 2 rings (SSSR count). The first-order valence-corrected chi connectivity index (χ1v) is 6.74. The molecule has 0 saturated carbocycles. The van der Waals surface area contributed by atoms with Crippen LogP contribution in [0.2, 0.25) is 10.0 Å². The van der Waals surface area contributed by atoms with E-state index in [0.29, 0.717) is 5.02 Å². The lowest BCUT2D eigenvalue weighted by atomic mass is 10.1. The number of benzene rings is 2. The van der Waals surface area contributed by atoms with Gasteiger partial charge in [0.25, 0.3) is 17.3 Å². The summed E-state index contributed by atoms with van der Waals surface area (Å²) in [5, 5.41) is 24.6. The van der Waals surface area contributed by atoms with E-state index in [-0.39, 0.29) is 16.3 Å². The Kier molecular flexibility index (Phi) is 4.77. The highest BCUT2D eigenvalue weighted by Crippen LogP contribution is 2.27. The van der Waals surface area contributed by atoms with E-state index in [0.717, 1.165) is 18.2 Å². The molecule has 118 valence electrons. The number of nitro benzene ring substituents is 2. The van der Waals surface area contributed by atoms with E-state index in [4.69, 9.17) is 23.2 Å². The minimum atomic E-state index is -0.823. The molecule has 2 aromatic carbocycles. The SMILES string of the molecule is O=C(Nc1cc(Cl)ccc1Cl)c1cc([N+](=O)[O-])cc([N+](=O)[O-])c1. The van der Waals surface area contributed by atoms with Crippen LogP contribution in [0.4, 0.5) is 17.1 Å². The second-order valence-corrected chi connectivity index (χ2v) is 5.17. The quantitative estimate of drug-likeness (QED) is 0.655. The van der Waals surface area contributed by atoms with Crippen LogP contribution in [0, 0.1) is 20.2 Å². The summed E-state index contributed by atoms with van der Waals surface area (Å²) in [5.41, 5.74) is -1.21. The average molecular weight is 356 g/mol. The molecule has 10 heteroatoms. The lowest BCUT2D eigenvalue weighted by Gasteiger charge is -2.07.